The maximum Gasteiger partial charge on any atom is 0.308 e. The summed E-state index contributed by atoms with van der Waals surface area (Å²) < 4.78 is 0. The van der Waals surface area contributed by atoms with Crippen LogP contribution in [-0.4, -0.2) is 29.1 Å². The number of halogens is 1. The van der Waals surface area contributed by atoms with Gasteiger partial charge in [0.25, 0.3) is 0 Å². The van der Waals surface area contributed by atoms with Gasteiger partial charge in [0, 0.05) is 19.3 Å². The quantitative estimate of drug-likeness (QED) is 0.859. The van der Waals surface area contributed by atoms with Gasteiger partial charge in [-0.25, -0.2) is 4.98 Å². The largest absolute Gasteiger partial charge is 0.481 e. The van der Waals surface area contributed by atoms with Crippen molar-refractivity contribution in [1.29, 1.82) is 0 Å². The van der Waals surface area contributed by atoms with Crippen molar-refractivity contribution >= 4 is 23.4 Å². The van der Waals surface area contributed by atoms with E-state index in [0.29, 0.717) is 30.4 Å². The first-order chi connectivity index (χ1) is 7.59. The zero-order valence-corrected chi connectivity index (χ0v) is 9.74. The third-order valence-corrected chi connectivity index (χ3v) is 3.37. The molecule has 1 aromatic rings. The van der Waals surface area contributed by atoms with Crippen molar-refractivity contribution in [1.82, 2.24) is 4.98 Å². The van der Waals surface area contributed by atoms with E-state index in [1.54, 1.807) is 6.20 Å². The number of hydrogen-bond acceptors (Lipinski definition) is 3. The van der Waals surface area contributed by atoms with Crippen LogP contribution in [0.3, 0.4) is 0 Å². The van der Waals surface area contributed by atoms with E-state index in [9.17, 15) is 4.79 Å². The zero-order valence-electron chi connectivity index (χ0n) is 8.98. The number of pyridine rings is 1. The van der Waals surface area contributed by atoms with E-state index < -0.39 is 5.97 Å². The summed E-state index contributed by atoms with van der Waals surface area (Å²) in [7, 11) is 0. The summed E-state index contributed by atoms with van der Waals surface area (Å²) in [6.07, 6.45) is 2.35. The van der Waals surface area contributed by atoms with Crippen molar-refractivity contribution in [3.05, 3.63) is 22.8 Å². The maximum absolute atomic E-state index is 10.9. The lowest BCUT2D eigenvalue weighted by atomic mass is 10.1. The van der Waals surface area contributed by atoms with Crippen molar-refractivity contribution in [2.45, 2.75) is 13.3 Å². The van der Waals surface area contributed by atoms with Crippen molar-refractivity contribution in [3.8, 4) is 0 Å². The number of carboxylic acids is 1. The number of hydrogen-bond donors (Lipinski definition) is 1. The lowest BCUT2D eigenvalue weighted by Gasteiger charge is -2.18. The minimum Gasteiger partial charge on any atom is -0.481 e. The van der Waals surface area contributed by atoms with Gasteiger partial charge in [-0.3, -0.25) is 4.79 Å². The molecule has 0 bridgehead atoms. The Labute approximate surface area is 98.9 Å². The minimum atomic E-state index is -0.744. The van der Waals surface area contributed by atoms with E-state index in [1.165, 1.54) is 0 Å². The monoisotopic (exact) mass is 240 g/mol. The summed E-state index contributed by atoms with van der Waals surface area (Å²) in [5.74, 6) is -0.352. The number of anilines is 1. The highest BCUT2D eigenvalue weighted by Gasteiger charge is 2.29. The number of rotatable bonds is 2. The first kappa shape index (κ1) is 11.2. The predicted octanol–water partition coefficient (Wildman–Crippen LogP) is 1.95. The van der Waals surface area contributed by atoms with E-state index in [-0.39, 0.29) is 5.92 Å². The van der Waals surface area contributed by atoms with Crippen LogP contribution in [0.2, 0.25) is 5.02 Å². The molecule has 0 saturated carbocycles. The van der Waals surface area contributed by atoms with E-state index >= 15 is 0 Å². The molecule has 4 nitrogen and oxygen atoms in total. The number of aliphatic carboxylic acids is 1. The van der Waals surface area contributed by atoms with Crippen LogP contribution in [-0.2, 0) is 4.79 Å². The van der Waals surface area contributed by atoms with Crippen LogP contribution in [0.15, 0.2) is 12.3 Å². The van der Waals surface area contributed by atoms with Gasteiger partial charge in [-0.05, 0) is 25.0 Å². The van der Waals surface area contributed by atoms with Crippen molar-refractivity contribution in [3.63, 3.8) is 0 Å². The van der Waals surface area contributed by atoms with Gasteiger partial charge in [0.2, 0.25) is 0 Å². The number of nitrogens with zero attached hydrogens (tertiary/aromatic N) is 2. The summed E-state index contributed by atoms with van der Waals surface area (Å²) in [5, 5.41) is 9.54. The average molecular weight is 241 g/mol. The third kappa shape index (κ3) is 1.97. The molecule has 2 rings (SSSR count). The van der Waals surface area contributed by atoms with Crippen LogP contribution < -0.4 is 4.90 Å². The molecule has 1 aliphatic rings. The molecule has 0 spiro atoms. The Hall–Kier alpha value is -1.29. The Kier molecular flexibility index (Phi) is 3.01. The highest BCUT2D eigenvalue weighted by Crippen LogP contribution is 2.30. The highest BCUT2D eigenvalue weighted by atomic mass is 35.5. The molecule has 0 amide bonds. The molecule has 1 atom stereocenters. The Bertz CT molecular complexity index is 422. The maximum atomic E-state index is 10.9. The summed E-state index contributed by atoms with van der Waals surface area (Å²) >= 11 is 6.15. The number of aryl methyl sites for hydroxylation is 1. The van der Waals surface area contributed by atoms with Gasteiger partial charge in [-0.1, -0.05) is 11.6 Å². The van der Waals surface area contributed by atoms with Crippen molar-refractivity contribution in [2.24, 2.45) is 5.92 Å². The fourth-order valence-electron chi connectivity index (χ4n) is 1.90. The molecule has 0 aliphatic carbocycles. The normalized spacial score (nSPS) is 20.1. The minimum absolute atomic E-state index is 0.307. The second-order valence-electron chi connectivity index (χ2n) is 4.04. The van der Waals surface area contributed by atoms with Crippen LogP contribution >= 0.6 is 11.6 Å². The van der Waals surface area contributed by atoms with E-state index in [0.717, 1.165) is 5.56 Å². The third-order valence-electron chi connectivity index (χ3n) is 2.90. The fourth-order valence-corrected chi connectivity index (χ4v) is 2.13. The van der Waals surface area contributed by atoms with E-state index in [1.807, 2.05) is 17.9 Å². The molecule has 16 heavy (non-hydrogen) atoms. The summed E-state index contributed by atoms with van der Waals surface area (Å²) in [6, 6.07) is 1.84. The smallest absolute Gasteiger partial charge is 0.308 e. The van der Waals surface area contributed by atoms with E-state index in [4.69, 9.17) is 16.7 Å². The first-order valence-electron chi connectivity index (χ1n) is 5.18. The van der Waals surface area contributed by atoms with Crippen LogP contribution in [0.4, 0.5) is 5.82 Å². The van der Waals surface area contributed by atoms with Crippen LogP contribution in [0.1, 0.15) is 12.0 Å². The van der Waals surface area contributed by atoms with Crippen molar-refractivity contribution < 1.29 is 9.90 Å². The van der Waals surface area contributed by atoms with Gasteiger partial charge in [0.15, 0.2) is 0 Å². The molecule has 86 valence electrons. The molecule has 1 aromatic heterocycles. The fraction of sp³-hybridized carbons (Fsp3) is 0.455. The number of carboxylic acid groups (broad SMARTS) is 1. The number of aromatic nitrogens is 1. The molecule has 1 fully saturated rings. The lowest BCUT2D eigenvalue weighted by molar-refractivity contribution is -0.140. The Morgan fingerprint density at radius 2 is 2.44 bits per heavy atom. The molecule has 5 heteroatoms. The van der Waals surface area contributed by atoms with E-state index in [2.05, 4.69) is 4.98 Å². The standard InChI is InChI=1S/C11H13ClN2O2/c1-7-2-4-13-10(9(7)12)14-5-3-8(6-14)11(15)16/h2,4,8H,3,5-6H2,1H3,(H,15,16). The Morgan fingerprint density at radius 3 is 3.06 bits per heavy atom. The van der Waals surface area contributed by atoms with Gasteiger partial charge in [-0.2, -0.15) is 0 Å². The molecule has 0 aromatic carbocycles. The molecular weight excluding hydrogens is 228 g/mol. The SMILES string of the molecule is Cc1ccnc(N2CCC(C(=O)O)C2)c1Cl. The van der Waals surface area contributed by atoms with Crippen molar-refractivity contribution in [2.75, 3.05) is 18.0 Å². The van der Waals surface area contributed by atoms with Gasteiger partial charge >= 0.3 is 5.97 Å². The Balaban J connectivity index is 2.21. The molecule has 1 saturated heterocycles. The molecule has 1 N–H and O–H groups in total. The van der Waals surface area contributed by atoms with Gasteiger partial charge in [-0.15, -0.1) is 0 Å². The van der Waals surface area contributed by atoms with Gasteiger partial charge in [0.05, 0.1) is 10.9 Å². The lowest BCUT2D eigenvalue weighted by Crippen LogP contribution is -2.23. The topological polar surface area (TPSA) is 53.4 Å². The highest BCUT2D eigenvalue weighted by molar-refractivity contribution is 6.33. The Morgan fingerprint density at radius 1 is 1.69 bits per heavy atom. The van der Waals surface area contributed by atoms with Crippen LogP contribution in [0.25, 0.3) is 0 Å². The first-order valence-corrected chi connectivity index (χ1v) is 5.56. The summed E-state index contributed by atoms with van der Waals surface area (Å²) in [4.78, 5) is 17.0. The van der Waals surface area contributed by atoms with Gasteiger partial charge < -0.3 is 10.0 Å². The average Bonchev–Trinajstić information content (AvgIpc) is 2.71. The molecule has 2 heterocycles. The number of carbonyl (C=O) groups is 1. The molecule has 1 unspecified atom stereocenters. The molecule has 0 radical (unpaired) electrons. The second-order valence-corrected chi connectivity index (χ2v) is 4.41. The summed E-state index contributed by atoms with van der Waals surface area (Å²) in [6.45, 7) is 3.11. The van der Waals surface area contributed by atoms with Gasteiger partial charge in [0.1, 0.15) is 5.82 Å². The molecule has 1 aliphatic heterocycles. The van der Waals surface area contributed by atoms with Crippen LogP contribution in [0.5, 0.6) is 0 Å². The second kappa shape index (κ2) is 4.29. The zero-order chi connectivity index (χ0) is 11.7. The molecular formula is C11H13ClN2O2. The predicted molar refractivity (Wildman–Crippen MR) is 61.9 cm³/mol. The summed E-state index contributed by atoms with van der Waals surface area (Å²) in [5.41, 5.74) is 0.963. The van der Waals surface area contributed by atoms with Crippen LogP contribution in [0, 0.1) is 12.8 Å².